The third kappa shape index (κ3) is 4.47. The Bertz CT molecular complexity index is 915. The van der Waals surface area contributed by atoms with Crippen molar-refractivity contribution in [3.63, 3.8) is 0 Å². The quantitative estimate of drug-likeness (QED) is 0.373. The van der Waals surface area contributed by atoms with Crippen LogP contribution >= 0.6 is 11.6 Å². The van der Waals surface area contributed by atoms with Gasteiger partial charge < -0.3 is 5.32 Å². The summed E-state index contributed by atoms with van der Waals surface area (Å²) >= 11 is 5.95. The molecule has 0 aromatic carbocycles. The number of Topliss-reactive ketones (excluding diaryl/α,β-unsaturated/α-hetero) is 1. The van der Waals surface area contributed by atoms with E-state index in [1.165, 1.54) is 26.2 Å². The number of pyridine rings is 2. The molecule has 3 rings (SSSR count). The molecule has 0 atom stereocenters. The predicted octanol–water partition coefficient (Wildman–Crippen LogP) is 5.69. The van der Waals surface area contributed by atoms with Crippen LogP contribution in [0.5, 0.6) is 0 Å². The van der Waals surface area contributed by atoms with Gasteiger partial charge in [0.25, 0.3) is 0 Å². The van der Waals surface area contributed by atoms with E-state index in [2.05, 4.69) is 21.9 Å². The second kappa shape index (κ2) is 8.65. The highest BCUT2D eigenvalue weighted by atomic mass is 35.5. The van der Waals surface area contributed by atoms with Gasteiger partial charge in [-0.3, -0.25) is 10.2 Å². The normalized spacial score (nSPS) is 14.5. The number of hydrogen-bond acceptors (Lipinski definition) is 5. The van der Waals surface area contributed by atoms with Crippen LogP contribution in [0.2, 0.25) is 5.15 Å². The molecule has 5 nitrogen and oxygen atoms in total. The molecule has 28 heavy (non-hydrogen) atoms. The minimum atomic E-state index is -0.122. The molecule has 146 valence electrons. The van der Waals surface area contributed by atoms with Crippen molar-refractivity contribution >= 4 is 28.9 Å². The van der Waals surface area contributed by atoms with Crippen LogP contribution in [-0.2, 0) is 0 Å². The summed E-state index contributed by atoms with van der Waals surface area (Å²) in [4.78, 5) is 20.9. The molecule has 0 aliphatic heterocycles. The number of nitrogens with zero attached hydrogens (tertiary/aromatic N) is 2. The third-order valence-corrected chi connectivity index (χ3v) is 5.26. The Hall–Kier alpha value is -2.53. The second-order valence-corrected chi connectivity index (χ2v) is 7.73. The van der Waals surface area contributed by atoms with Gasteiger partial charge in [-0.15, -0.1) is 0 Å². The van der Waals surface area contributed by atoms with E-state index in [0.717, 1.165) is 24.0 Å². The van der Waals surface area contributed by atoms with Crippen molar-refractivity contribution in [2.45, 2.75) is 52.0 Å². The molecule has 0 radical (unpaired) electrons. The van der Waals surface area contributed by atoms with Crippen molar-refractivity contribution in [2.75, 3.05) is 5.32 Å². The summed E-state index contributed by atoms with van der Waals surface area (Å²) in [6.45, 7) is 7.24. The first-order valence-electron chi connectivity index (χ1n) is 9.56. The number of aromatic nitrogens is 2. The van der Waals surface area contributed by atoms with Crippen molar-refractivity contribution in [1.82, 2.24) is 9.97 Å². The first kappa shape index (κ1) is 20.2. The standard InChI is InChI=1S/C22H25ClN4O/c1-13(2)21(24)20-17(15-9-10-19(23)25-12-15)11-18(14(3)28)27-22(20)26-16-7-5-4-6-8-16/h9-12,16,24H,1,4-8H2,2-3H3,(H,26,27). The maximum Gasteiger partial charge on any atom is 0.178 e. The van der Waals surface area contributed by atoms with E-state index in [9.17, 15) is 4.79 Å². The van der Waals surface area contributed by atoms with Crippen LogP contribution < -0.4 is 5.32 Å². The van der Waals surface area contributed by atoms with E-state index in [4.69, 9.17) is 17.0 Å². The average molecular weight is 397 g/mol. The average Bonchev–Trinajstić information content (AvgIpc) is 2.68. The Kier molecular flexibility index (Phi) is 6.25. The number of carbonyl (C=O) groups excluding carboxylic acids is 1. The number of anilines is 1. The molecule has 2 N–H and O–H groups in total. The lowest BCUT2D eigenvalue weighted by Crippen LogP contribution is -2.25. The summed E-state index contributed by atoms with van der Waals surface area (Å²) in [5.41, 5.74) is 3.45. The van der Waals surface area contributed by atoms with Gasteiger partial charge in [-0.25, -0.2) is 9.97 Å². The van der Waals surface area contributed by atoms with Crippen molar-refractivity contribution < 1.29 is 4.79 Å². The molecular weight excluding hydrogens is 372 g/mol. The van der Waals surface area contributed by atoms with Crippen LogP contribution in [0.15, 0.2) is 36.5 Å². The van der Waals surface area contributed by atoms with Gasteiger partial charge in [0.1, 0.15) is 16.7 Å². The monoisotopic (exact) mass is 396 g/mol. The summed E-state index contributed by atoms with van der Waals surface area (Å²) in [6.07, 6.45) is 7.36. The molecule has 6 heteroatoms. The fourth-order valence-corrected chi connectivity index (χ4v) is 3.61. The number of allylic oxidation sites excluding steroid dienone is 1. The molecule has 1 saturated carbocycles. The maximum absolute atomic E-state index is 12.1. The summed E-state index contributed by atoms with van der Waals surface area (Å²) in [6, 6.07) is 5.56. The van der Waals surface area contributed by atoms with Crippen LogP contribution in [0.1, 0.15) is 62.0 Å². The lowest BCUT2D eigenvalue weighted by atomic mass is 9.92. The molecule has 1 aliphatic carbocycles. The molecule has 0 bridgehead atoms. The predicted molar refractivity (Wildman–Crippen MR) is 115 cm³/mol. The molecule has 2 heterocycles. The molecule has 1 fully saturated rings. The molecule has 2 aromatic rings. The lowest BCUT2D eigenvalue weighted by Gasteiger charge is -2.26. The van der Waals surface area contributed by atoms with Crippen molar-refractivity contribution in [3.05, 3.63) is 53.0 Å². The van der Waals surface area contributed by atoms with E-state index >= 15 is 0 Å². The smallest absolute Gasteiger partial charge is 0.178 e. The fraction of sp³-hybridized carbons (Fsp3) is 0.364. The number of halogens is 1. The van der Waals surface area contributed by atoms with Crippen LogP contribution in [0, 0.1) is 5.41 Å². The summed E-state index contributed by atoms with van der Waals surface area (Å²) < 4.78 is 0. The highest BCUT2D eigenvalue weighted by Crippen LogP contribution is 2.33. The highest BCUT2D eigenvalue weighted by Gasteiger charge is 2.23. The van der Waals surface area contributed by atoms with Gasteiger partial charge >= 0.3 is 0 Å². The van der Waals surface area contributed by atoms with Gasteiger partial charge in [0.05, 0.1) is 11.3 Å². The van der Waals surface area contributed by atoms with E-state index in [1.54, 1.807) is 25.3 Å². The number of carbonyl (C=O) groups is 1. The van der Waals surface area contributed by atoms with Crippen LogP contribution in [0.25, 0.3) is 11.1 Å². The zero-order valence-electron chi connectivity index (χ0n) is 16.3. The number of hydrogen-bond donors (Lipinski definition) is 2. The first-order chi connectivity index (χ1) is 13.4. The minimum Gasteiger partial charge on any atom is -0.367 e. The van der Waals surface area contributed by atoms with Gasteiger partial charge in [-0.1, -0.05) is 37.4 Å². The first-order valence-corrected chi connectivity index (χ1v) is 9.94. The molecule has 0 unspecified atom stereocenters. The number of rotatable bonds is 6. The highest BCUT2D eigenvalue weighted by molar-refractivity contribution is 6.29. The van der Waals surface area contributed by atoms with Crippen molar-refractivity contribution in [2.24, 2.45) is 0 Å². The second-order valence-electron chi connectivity index (χ2n) is 7.34. The van der Waals surface area contributed by atoms with E-state index in [1.807, 2.05) is 6.07 Å². The Labute approximate surface area is 170 Å². The minimum absolute atomic E-state index is 0.122. The third-order valence-electron chi connectivity index (χ3n) is 5.04. The summed E-state index contributed by atoms with van der Waals surface area (Å²) in [5.74, 6) is 0.445. The molecule has 1 aliphatic rings. The van der Waals surface area contributed by atoms with E-state index in [0.29, 0.717) is 33.5 Å². The molecule has 2 aromatic heterocycles. The molecule has 0 amide bonds. The Morgan fingerprint density at radius 2 is 1.96 bits per heavy atom. The van der Waals surface area contributed by atoms with Gasteiger partial charge in [0, 0.05) is 24.7 Å². The maximum atomic E-state index is 12.1. The van der Waals surface area contributed by atoms with E-state index in [-0.39, 0.29) is 11.8 Å². The topological polar surface area (TPSA) is 78.7 Å². The summed E-state index contributed by atoms with van der Waals surface area (Å²) in [5, 5.41) is 12.5. The summed E-state index contributed by atoms with van der Waals surface area (Å²) in [7, 11) is 0. The SMILES string of the molecule is C=C(C)C(=N)c1c(-c2ccc(Cl)nc2)cc(C(C)=O)nc1NC1CCCCC1. The lowest BCUT2D eigenvalue weighted by molar-refractivity contribution is 0.101. The van der Waals surface area contributed by atoms with Gasteiger partial charge in [0.15, 0.2) is 5.78 Å². The Balaban J connectivity index is 2.19. The van der Waals surface area contributed by atoms with Gasteiger partial charge in [0.2, 0.25) is 0 Å². The van der Waals surface area contributed by atoms with E-state index < -0.39 is 0 Å². The van der Waals surface area contributed by atoms with Crippen LogP contribution in [0.4, 0.5) is 5.82 Å². The molecule has 0 spiro atoms. The zero-order chi connectivity index (χ0) is 20.3. The zero-order valence-corrected chi connectivity index (χ0v) is 17.1. The van der Waals surface area contributed by atoms with Gasteiger partial charge in [-0.2, -0.15) is 0 Å². The van der Waals surface area contributed by atoms with Gasteiger partial charge in [-0.05, 0) is 49.1 Å². The fourth-order valence-electron chi connectivity index (χ4n) is 3.50. The number of nitrogens with one attached hydrogen (secondary N) is 2. The van der Waals surface area contributed by atoms with Crippen molar-refractivity contribution in [3.8, 4) is 11.1 Å². The van der Waals surface area contributed by atoms with Crippen LogP contribution in [-0.4, -0.2) is 27.5 Å². The largest absolute Gasteiger partial charge is 0.367 e. The Morgan fingerprint density at radius 3 is 2.54 bits per heavy atom. The Morgan fingerprint density at radius 1 is 1.25 bits per heavy atom. The molecule has 0 saturated heterocycles. The van der Waals surface area contributed by atoms with Crippen molar-refractivity contribution in [1.29, 1.82) is 5.41 Å². The molecular formula is C22H25ClN4O. The number of ketones is 1. The van der Waals surface area contributed by atoms with Crippen LogP contribution in [0.3, 0.4) is 0 Å².